The average Bonchev–Trinajstić information content (AvgIpc) is 3.27. The van der Waals surface area contributed by atoms with Gasteiger partial charge in [-0.2, -0.15) is 0 Å². The number of nitrogens with one attached hydrogen (secondary N) is 3. The second kappa shape index (κ2) is 10.3. The first kappa shape index (κ1) is 22.6. The van der Waals surface area contributed by atoms with Gasteiger partial charge in [0.2, 0.25) is 0 Å². The van der Waals surface area contributed by atoms with E-state index in [1.807, 2.05) is 20.8 Å². The molecule has 32 heavy (non-hydrogen) atoms. The van der Waals surface area contributed by atoms with Crippen LogP contribution in [0.5, 0.6) is 0 Å². The number of benzene rings is 2. The van der Waals surface area contributed by atoms with Gasteiger partial charge in [0.15, 0.2) is 0 Å². The zero-order valence-corrected chi connectivity index (χ0v) is 18.1. The number of rotatable bonds is 7. The van der Waals surface area contributed by atoms with Crippen LogP contribution in [0.1, 0.15) is 45.9 Å². The molecule has 3 N–H and O–H groups in total. The minimum atomic E-state index is -0.551. The maximum absolute atomic E-state index is 13.0. The monoisotopic (exact) mass is 431 g/mol. The maximum Gasteiger partial charge on any atom is 0.272 e. The van der Waals surface area contributed by atoms with E-state index in [0.717, 1.165) is 5.56 Å². The lowest BCUT2D eigenvalue weighted by molar-refractivity contribution is -0.113. The normalized spacial score (nSPS) is 11.2. The van der Waals surface area contributed by atoms with Crippen molar-refractivity contribution in [3.05, 3.63) is 95.1 Å². The van der Waals surface area contributed by atoms with Crippen molar-refractivity contribution in [1.29, 1.82) is 0 Å². The van der Waals surface area contributed by atoms with E-state index in [1.165, 1.54) is 12.3 Å². The van der Waals surface area contributed by atoms with E-state index in [2.05, 4.69) is 16.0 Å². The molecule has 0 aliphatic heterocycles. The van der Waals surface area contributed by atoms with E-state index in [4.69, 9.17) is 4.42 Å². The molecule has 3 rings (SSSR count). The van der Waals surface area contributed by atoms with Gasteiger partial charge in [-0.3, -0.25) is 14.4 Å². The smallest absolute Gasteiger partial charge is 0.272 e. The Morgan fingerprint density at radius 2 is 1.69 bits per heavy atom. The van der Waals surface area contributed by atoms with Gasteiger partial charge in [-0.25, -0.2) is 0 Å². The Bertz CT molecular complexity index is 1130. The Kier molecular flexibility index (Phi) is 7.23. The van der Waals surface area contributed by atoms with Gasteiger partial charge in [-0.15, -0.1) is 0 Å². The van der Waals surface area contributed by atoms with Gasteiger partial charge in [0, 0.05) is 28.9 Å². The van der Waals surface area contributed by atoms with E-state index in [1.54, 1.807) is 60.7 Å². The van der Waals surface area contributed by atoms with Crippen LogP contribution in [-0.4, -0.2) is 23.8 Å². The summed E-state index contributed by atoms with van der Waals surface area (Å²) in [5.74, 6) is -0.800. The molecule has 0 bridgehead atoms. The van der Waals surface area contributed by atoms with Crippen LogP contribution in [-0.2, 0) is 4.79 Å². The predicted molar refractivity (Wildman–Crippen MR) is 123 cm³/mol. The minimum absolute atomic E-state index is 0.00237. The van der Waals surface area contributed by atoms with Crippen molar-refractivity contribution in [3.63, 3.8) is 0 Å². The van der Waals surface area contributed by atoms with Gasteiger partial charge < -0.3 is 20.4 Å². The average molecular weight is 431 g/mol. The Morgan fingerprint density at radius 1 is 0.938 bits per heavy atom. The third kappa shape index (κ3) is 5.95. The molecule has 0 spiro atoms. The summed E-state index contributed by atoms with van der Waals surface area (Å²) >= 11 is 0. The van der Waals surface area contributed by atoms with Gasteiger partial charge in [0.1, 0.15) is 11.5 Å². The van der Waals surface area contributed by atoms with E-state index in [-0.39, 0.29) is 17.6 Å². The van der Waals surface area contributed by atoms with Crippen molar-refractivity contribution in [3.8, 4) is 0 Å². The molecule has 0 saturated carbocycles. The molecule has 1 aromatic heterocycles. The summed E-state index contributed by atoms with van der Waals surface area (Å²) in [7, 11) is 0. The van der Waals surface area contributed by atoms with E-state index < -0.39 is 11.8 Å². The molecule has 2 aromatic carbocycles. The predicted octanol–water partition coefficient (Wildman–Crippen LogP) is 4.14. The van der Waals surface area contributed by atoms with Crippen molar-refractivity contribution >= 4 is 29.5 Å². The summed E-state index contributed by atoms with van der Waals surface area (Å²) in [6.07, 6.45) is 2.91. The first-order chi connectivity index (χ1) is 15.3. The number of hydrogen-bond donors (Lipinski definition) is 3. The minimum Gasteiger partial charge on any atom is -0.465 e. The number of carbonyl (C=O) groups is 3. The molecule has 7 heteroatoms. The van der Waals surface area contributed by atoms with Crippen molar-refractivity contribution in [2.75, 3.05) is 5.32 Å². The number of hydrogen-bond acceptors (Lipinski definition) is 4. The van der Waals surface area contributed by atoms with Crippen LogP contribution in [0.15, 0.2) is 77.0 Å². The van der Waals surface area contributed by atoms with E-state index in [9.17, 15) is 14.4 Å². The highest BCUT2D eigenvalue weighted by atomic mass is 16.3. The van der Waals surface area contributed by atoms with Gasteiger partial charge in [-0.05, 0) is 62.7 Å². The summed E-state index contributed by atoms with van der Waals surface area (Å²) in [5, 5.41) is 8.23. The molecular formula is C25H25N3O4. The molecule has 3 amide bonds. The van der Waals surface area contributed by atoms with Crippen LogP contribution >= 0.6 is 0 Å². The largest absolute Gasteiger partial charge is 0.465 e. The summed E-state index contributed by atoms with van der Waals surface area (Å²) in [5.41, 5.74) is 2.08. The molecule has 3 aromatic rings. The van der Waals surface area contributed by atoms with Crippen molar-refractivity contribution < 1.29 is 18.8 Å². The van der Waals surface area contributed by atoms with Crippen molar-refractivity contribution in [2.24, 2.45) is 0 Å². The van der Waals surface area contributed by atoms with Crippen LogP contribution in [0, 0.1) is 6.92 Å². The Morgan fingerprint density at radius 3 is 2.34 bits per heavy atom. The molecule has 1 heterocycles. The Hall–Kier alpha value is -4.13. The standard InChI is InChI=1S/C25H25N3O4/c1-16(2)26-24(30)21-14-19(12-11-17(21)3)27-25(31)22(15-20-10-7-13-32-20)28-23(29)18-8-5-4-6-9-18/h4-16H,1-3H3,(H,26,30)(H,27,31)(H,28,29). The zero-order valence-electron chi connectivity index (χ0n) is 18.1. The van der Waals surface area contributed by atoms with Crippen LogP contribution in [0.2, 0.25) is 0 Å². The molecule has 0 aliphatic rings. The maximum atomic E-state index is 13.0. The SMILES string of the molecule is Cc1ccc(NC(=O)C(=Cc2ccco2)NC(=O)c2ccccc2)cc1C(=O)NC(C)C. The molecule has 0 saturated heterocycles. The van der Waals surface area contributed by atoms with Crippen molar-refractivity contribution in [1.82, 2.24) is 10.6 Å². The van der Waals surface area contributed by atoms with Crippen LogP contribution in [0.3, 0.4) is 0 Å². The fourth-order valence-corrected chi connectivity index (χ4v) is 2.94. The lowest BCUT2D eigenvalue weighted by Crippen LogP contribution is -2.31. The Balaban J connectivity index is 1.84. The second-order valence-electron chi connectivity index (χ2n) is 7.51. The number of anilines is 1. The molecule has 0 fully saturated rings. The summed E-state index contributed by atoms with van der Waals surface area (Å²) < 4.78 is 5.29. The molecular weight excluding hydrogens is 406 g/mol. The molecule has 0 aliphatic carbocycles. The van der Waals surface area contributed by atoms with Crippen LogP contribution in [0.4, 0.5) is 5.69 Å². The molecule has 164 valence electrons. The fourth-order valence-electron chi connectivity index (χ4n) is 2.94. The lowest BCUT2D eigenvalue weighted by atomic mass is 10.1. The summed E-state index contributed by atoms with van der Waals surface area (Å²) in [6, 6.07) is 17.0. The van der Waals surface area contributed by atoms with Gasteiger partial charge in [0.25, 0.3) is 17.7 Å². The van der Waals surface area contributed by atoms with Crippen LogP contribution < -0.4 is 16.0 Å². The molecule has 0 atom stereocenters. The fraction of sp³-hybridized carbons (Fsp3) is 0.160. The number of amides is 3. The van der Waals surface area contributed by atoms with Gasteiger partial charge in [-0.1, -0.05) is 24.3 Å². The first-order valence-electron chi connectivity index (χ1n) is 10.2. The number of furan rings is 1. The lowest BCUT2D eigenvalue weighted by Gasteiger charge is -2.14. The van der Waals surface area contributed by atoms with E-state index in [0.29, 0.717) is 22.6 Å². The summed E-state index contributed by atoms with van der Waals surface area (Å²) in [4.78, 5) is 38.1. The second-order valence-corrected chi connectivity index (χ2v) is 7.51. The number of carbonyl (C=O) groups excluding carboxylic acids is 3. The highest BCUT2D eigenvalue weighted by Crippen LogP contribution is 2.17. The zero-order chi connectivity index (χ0) is 23.1. The topological polar surface area (TPSA) is 100 Å². The van der Waals surface area contributed by atoms with Gasteiger partial charge in [0.05, 0.1) is 6.26 Å². The number of aryl methyl sites for hydroxylation is 1. The van der Waals surface area contributed by atoms with Gasteiger partial charge >= 0.3 is 0 Å². The summed E-state index contributed by atoms with van der Waals surface area (Å²) in [6.45, 7) is 5.57. The molecule has 7 nitrogen and oxygen atoms in total. The quantitative estimate of drug-likeness (QED) is 0.490. The molecule has 0 unspecified atom stereocenters. The first-order valence-corrected chi connectivity index (χ1v) is 10.2. The molecule has 0 radical (unpaired) electrons. The highest BCUT2D eigenvalue weighted by Gasteiger charge is 2.17. The third-order valence-corrected chi connectivity index (χ3v) is 4.52. The third-order valence-electron chi connectivity index (χ3n) is 4.52. The van der Waals surface area contributed by atoms with Crippen LogP contribution in [0.25, 0.3) is 6.08 Å². The van der Waals surface area contributed by atoms with Crippen molar-refractivity contribution in [2.45, 2.75) is 26.8 Å². The highest BCUT2D eigenvalue weighted by molar-refractivity contribution is 6.11. The van der Waals surface area contributed by atoms with E-state index >= 15 is 0 Å². The Labute approximate surface area is 186 Å².